The average Bonchev–Trinajstić information content (AvgIpc) is 2.45. The van der Waals surface area contributed by atoms with Crippen molar-refractivity contribution in [3.8, 4) is 0 Å². The van der Waals surface area contributed by atoms with Crippen LogP contribution in [0.1, 0.15) is 51.0 Å². The molecule has 1 unspecified atom stereocenters. The first-order valence-corrected chi connectivity index (χ1v) is 7.67. The Morgan fingerprint density at radius 2 is 1.83 bits per heavy atom. The minimum atomic E-state index is 0.688. The van der Waals surface area contributed by atoms with Gasteiger partial charge in [0, 0.05) is 6.04 Å². The molecule has 0 saturated heterocycles. The molecule has 0 aromatic heterocycles. The molecule has 100 valence electrons. The maximum atomic E-state index is 3.79. The summed E-state index contributed by atoms with van der Waals surface area (Å²) in [5.74, 6) is 0.894. The lowest BCUT2D eigenvalue weighted by Gasteiger charge is -2.31. The molecule has 1 aromatic carbocycles. The largest absolute Gasteiger partial charge is 0.313 e. The van der Waals surface area contributed by atoms with Gasteiger partial charge in [0.2, 0.25) is 0 Å². The first-order chi connectivity index (χ1) is 8.90. The minimum absolute atomic E-state index is 0.688. The van der Waals surface area contributed by atoms with Crippen LogP contribution in [0, 0.1) is 5.92 Å². The molecule has 1 atom stereocenters. The van der Waals surface area contributed by atoms with Gasteiger partial charge in [0.15, 0.2) is 0 Å². The highest BCUT2D eigenvalue weighted by atomic mass is 14.9. The van der Waals surface area contributed by atoms with Gasteiger partial charge in [-0.25, -0.2) is 0 Å². The van der Waals surface area contributed by atoms with E-state index in [4.69, 9.17) is 0 Å². The fraction of sp³-hybridized carbons (Fsp3) is 0.647. The molecule has 0 aliphatic heterocycles. The number of rotatable bonds is 6. The molecular weight excluding hydrogens is 218 g/mol. The van der Waals surface area contributed by atoms with Crippen molar-refractivity contribution in [3.63, 3.8) is 0 Å². The Bertz CT molecular complexity index is 314. The van der Waals surface area contributed by atoms with Gasteiger partial charge >= 0.3 is 0 Å². The monoisotopic (exact) mass is 245 g/mol. The molecular formula is C17H27N. The smallest absolute Gasteiger partial charge is 0.0136 e. The Labute approximate surface area is 112 Å². The SMILES string of the molecule is CCCNC(Cc1ccccc1)C1CCCCC1. The standard InChI is InChI=1S/C17H27N/c1-2-13-18-17(16-11-7-4-8-12-16)14-15-9-5-3-6-10-15/h3,5-6,9-10,16-18H,2,4,7-8,11-14H2,1H3. The van der Waals surface area contributed by atoms with E-state index in [-0.39, 0.29) is 0 Å². The van der Waals surface area contributed by atoms with Crippen LogP contribution >= 0.6 is 0 Å². The van der Waals surface area contributed by atoms with Crippen LogP contribution in [0.15, 0.2) is 30.3 Å². The van der Waals surface area contributed by atoms with Crippen LogP contribution in [0.25, 0.3) is 0 Å². The summed E-state index contributed by atoms with van der Waals surface area (Å²) in [5.41, 5.74) is 1.48. The Morgan fingerprint density at radius 1 is 1.11 bits per heavy atom. The molecule has 1 aromatic rings. The molecule has 0 bridgehead atoms. The first-order valence-electron chi connectivity index (χ1n) is 7.67. The number of hydrogen-bond donors (Lipinski definition) is 1. The second-order valence-corrected chi connectivity index (χ2v) is 5.65. The van der Waals surface area contributed by atoms with Gasteiger partial charge in [-0.3, -0.25) is 0 Å². The molecule has 0 spiro atoms. The third-order valence-electron chi connectivity index (χ3n) is 4.17. The lowest BCUT2D eigenvalue weighted by atomic mass is 9.81. The fourth-order valence-electron chi connectivity index (χ4n) is 3.14. The van der Waals surface area contributed by atoms with Gasteiger partial charge < -0.3 is 5.32 Å². The van der Waals surface area contributed by atoms with Gasteiger partial charge in [-0.05, 0) is 43.7 Å². The van der Waals surface area contributed by atoms with E-state index >= 15 is 0 Å². The number of benzene rings is 1. The predicted molar refractivity (Wildman–Crippen MR) is 78.8 cm³/mol. The molecule has 0 radical (unpaired) electrons. The van der Waals surface area contributed by atoms with Crippen LogP contribution in [-0.2, 0) is 6.42 Å². The number of nitrogens with one attached hydrogen (secondary N) is 1. The highest BCUT2D eigenvalue weighted by Gasteiger charge is 2.23. The fourth-order valence-corrected chi connectivity index (χ4v) is 3.14. The second kappa shape index (κ2) is 7.58. The van der Waals surface area contributed by atoms with Crippen LogP contribution in [0.5, 0.6) is 0 Å². The zero-order chi connectivity index (χ0) is 12.6. The zero-order valence-electron chi connectivity index (χ0n) is 11.7. The Morgan fingerprint density at radius 3 is 2.50 bits per heavy atom. The second-order valence-electron chi connectivity index (χ2n) is 5.65. The van der Waals surface area contributed by atoms with E-state index in [0.717, 1.165) is 12.5 Å². The summed E-state index contributed by atoms with van der Waals surface area (Å²) in [5, 5.41) is 3.79. The van der Waals surface area contributed by atoms with Crippen molar-refractivity contribution in [2.75, 3.05) is 6.54 Å². The van der Waals surface area contributed by atoms with Crippen LogP contribution in [0.4, 0.5) is 0 Å². The molecule has 1 fully saturated rings. The highest BCUT2D eigenvalue weighted by Crippen LogP contribution is 2.28. The summed E-state index contributed by atoms with van der Waals surface area (Å²) in [6, 6.07) is 11.7. The predicted octanol–water partition coefficient (Wildman–Crippen LogP) is 4.18. The molecule has 0 heterocycles. The van der Waals surface area contributed by atoms with E-state index in [1.807, 2.05) is 0 Å². The Hall–Kier alpha value is -0.820. The molecule has 2 rings (SSSR count). The van der Waals surface area contributed by atoms with Crippen molar-refractivity contribution < 1.29 is 0 Å². The molecule has 1 aliphatic rings. The quantitative estimate of drug-likeness (QED) is 0.793. The van der Waals surface area contributed by atoms with E-state index in [1.165, 1.54) is 50.5 Å². The maximum Gasteiger partial charge on any atom is 0.0136 e. The molecule has 1 heteroatoms. The van der Waals surface area contributed by atoms with Crippen molar-refractivity contribution >= 4 is 0 Å². The molecule has 0 amide bonds. The van der Waals surface area contributed by atoms with Crippen molar-refractivity contribution in [3.05, 3.63) is 35.9 Å². The van der Waals surface area contributed by atoms with E-state index in [1.54, 1.807) is 0 Å². The molecule has 1 nitrogen and oxygen atoms in total. The molecule has 1 saturated carbocycles. The van der Waals surface area contributed by atoms with Gasteiger partial charge in [0.25, 0.3) is 0 Å². The lowest BCUT2D eigenvalue weighted by Crippen LogP contribution is -2.39. The van der Waals surface area contributed by atoms with E-state index in [2.05, 4.69) is 42.6 Å². The molecule has 18 heavy (non-hydrogen) atoms. The van der Waals surface area contributed by atoms with Crippen molar-refractivity contribution in [1.29, 1.82) is 0 Å². The average molecular weight is 245 g/mol. The first kappa shape index (κ1) is 13.6. The molecule has 1 aliphatic carbocycles. The van der Waals surface area contributed by atoms with Gasteiger partial charge in [-0.1, -0.05) is 56.5 Å². The zero-order valence-corrected chi connectivity index (χ0v) is 11.7. The lowest BCUT2D eigenvalue weighted by molar-refractivity contribution is 0.267. The van der Waals surface area contributed by atoms with Gasteiger partial charge in [0.05, 0.1) is 0 Å². The van der Waals surface area contributed by atoms with Crippen LogP contribution in [0.2, 0.25) is 0 Å². The molecule has 1 N–H and O–H groups in total. The van der Waals surface area contributed by atoms with Crippen molar-refractivity contribution in [1.82, 2.24) is 5.32 Å². The topological polar surface area (TPSA) is 12.0 Å². The summed E-state index contributed by atoms with van der Waals surface area (Å²) in [6.45, 7) is 3.42. The highest BCUT2D eigenvalue weighted by molar-refractivity contribution is 5.16. The van der Waals surface area contributed by atoms with Crippen LogP contribution < -0.4 is 5.32 Å². The van der Waals surface area contributed by atoms with Crippen molar-refractivity contribution in [2.24, 2.45) is 5.92 Å². The van der Waals surface area contributed by atoms with Gasteiger partial charge in [-0.2, -0.15) is 0 Å². The van der Waals surface area contributed by atoms with Gasteiger partial charge in [0.1, 0.15) is 0 Å². The van der Waals surface area contributed by atoms with E-state index in [0.29, 0.717) is 6.04 Å². The summed E-state index contributed by atoms with van der Waals surface area (Å²) in [4.78, 5) is 0. The summed E-state index contributed by atoms with van der Waals surface area (Å²) in [7, 11) is 0. The summed E-state index contributed by atoms with van der Waals surface area (Å²) in [6.07, 6.45) is 9.60. The van der Waals surface area contributed by atoms with E-state index < -0.39 is 0 Å². The van der Waals surface area contributed by atoms with E-state index in [9.17, 15) is 0 Å². The normalized spacial score (nSPS) is 18.7. The Kier molecular flexibility index (Phi) is 5.73. The van der Waals surface area contributed by atoms with Crippen LogP contribution in [0.3, 0.4) is 0 Å². The Balaban J connectivity index is 1.95. The third-order valence-corrected chi connectivity index (χ3v) is 4.17. The number of hydrogen-bond acceptors (Lipinski definition) is 1. The minimum Gasteiger partial charge on any atom is -0.313 e. The maximum absolute atomic E-state index is 3.79. The third kappa shape index (κ3) is 4.13. The van der Waals surface area contributed by atoms with Gasteiger partial charge in [-0.15, -0.1) is 0 Å². The summed E-state index contributed by atoms with van der Waals surface area (Å²) < 4.78 is 0. The van der Waals surface area contributed by atoms with Crippen molar-refractivity contribution in [2.45, 2.75) is 57.9 Å². The van der Waals surface area contributed by atoms with Crippen LogP contribution in [-0.4, -0.2) is 12.6 Å². The summed E-state index contributed by atoms with van der Waals surface area (Å²) >= 11 is 0.